The van der Waals surface area contributed by atoms with Crippen molar-refractivity contribution in [1.82, 2.24) is 14.9 Å². The number of piperidine rings is 1. The Morgan fingerprint density at radius 3 is 2.88 bits per heavy atom. The number of hydrogen-bond donors (Lipinski definition) is 1. The number of amides is 1. The summed E-state index contributed by atoms with van der Waals surface area (Å²) in [4.78, 5) is 34.3. The molecule has 0 radical (unpaired) electrons. The van der Waals surface area contributed by atoms with Gasteiger partial charge in [-0.15, -0.1) is 0 Å². The maximum Gasteiger partial charge on any atom is 0.343 e. The maximum atomic E-state index is 12.4. The highest BCUT2D eigenvalue weighted by molar-refractivity contribution is 7.99. The van der Waals surface area contributed by atoms with E-state index in [1.54, 1.807) is 6.92 Å². The first kappa shape index (κ1) is 18.5. The fraction of sp³-hybridized carbons (Fsp3) is 0.625. The molecule has 0 spiro atoms. The normalized spacial score (nSPS) is 17.6. The zero-order valence-electron chi connectivity index (χ0n) is 14.2. The predicted octanol–water partition coefficient (Wildman–Crippen LogP) is 2.12. The standard InChI is InChI=1S/C16H24N4O3S/c1-3-11-7-5-6-8-20(11)13(21)10-24-16-18-9-12(14(17)19-16)15(22)23-4-2/h9,11H,3-8,10H2,1-2H3,(H2,17,18,19)/t11-/m1/s1. The van der Waals surface area contributed by atoms with Gasteiger partial charge >= 0.3 is 5.97 Å². The number of nitrogens with zero attached hydrogens (tertiary/aromatic N) is 3. The van der Waals surface area contributed by atoms with E-state index in [1.165, 1.54) is 24.4 Å². The van der Waals surface area contributed by atoms with Crippen LogP contribution in [0.5, 0.6) is 0 Å². The molecule has 1 aromatic heterocycles. The largest absolute Gasteiger partial charge is 0.462 e. The molecule has 0 saturated carbocycles. The smallest absolute Gasteiger partial charge is 0.343 e. The van der Waals surface area contributed by atoms with E-state index in [1.807, 2.05) is 4.90 Å². The predicted molar refractivity (Wildman–Crippen MR) is 92.8 cm³/mol. The molecule has 1 atom stereocenters. The summed E-state index contributed by atoms with van der Waals surface area (Å²) in [7, 11) is 0. The summed E-state index contributed by atoms with van der Waals surface area (Å²) < 4.78 is 4.88. The lowest BCUT2D eigenvalue weighted by molar-refractivity contribution is -0.132. The topological polar surface area (TPSA) is 98.4 Å². The average Bonchev–Trinajstić information content (AvgIpc) is 2.59. The lowest BCUT2D eigenvalue weighted by Crippen LogP contribution is -2.44. The number of rotatable bonds is 6. The van der Waals surface area contributed by atoms with Gasteiger partial charge in [-0.05, 0) is 32.6 Å². The Balaban J connectivity index is 1.95. The lowest BCUT2D eigenvalue weighted by atomic mass is 10.0. The van der Waals surface area contributed by atoms with E-state index in [4.69, 9.17) is 10.5 Å². The van der Waals surface area contributed by atoms with Crippen molar-refractivity contribution >= 4 is 29.5 Å². The molecule has 0 aliphatic carbocycles. The first-order chi connectivity index (χ1) is 11.6. The summed E-state index contributed by atoms with van der Waals surface area (Å²) in [5.74, 6) is -0.0953. The number of carbonyl (C=O) groups is 2. The molecule has 1 fully saturated rings. The van der Waals surface area contributed by atoms with Crippen LogP contribution in [0.1, 0.15) is 49.9 Å². The zero-order chi connectivity index (χ0) is 17.5. The molecule has 1 aliphatic rings. The molecule has 7 nitrogen and oxygen atoms in total. The van der Waals surface area contributed by atoms with Crippen LogP contribution in [0, 0.1) is 0 Å². The van der Waals surface area contributed by atoms with Crippen LogP contribution in [0.4, 0.5) is 5.82 Å². The molecule has 24 heavy (non-hydrogen) atoms. The van der Waals surface area contributed by atoms with E-state index in [0.29, 0.717) is 11.2 Å². The second-order valence-corrected chi connectivity index (χ2v) is 6.55. The Kier molecular flexibility index (Phi) is 6.84. The van der Waals surface area contributed by atoms with Crippen LogP contribution in [0.15, 0.2) is 11.4 Å². The lowest BCUT2D eigenvalue weighted by Gasteiger charge is -2.35. The molecule has 1 saturated heterocycles. The summed E-state index contributed by atoms with van der Waals surface area (Å²) in [6.45, 7) is 4.91. The van der Waals surface area contributed by atoms with E-state index in [9.17, 15) is 9.59 Å². The molecule has 132 valence electrons. The Labute approximate surface area is 146 Å². The number of nitrogens with two attached hydrogens (primary N) is 1. The first-order valence-electron chi connectivity index (χ1n) is 8.28. The molecule has 1 amide bonds. The third kappa shape index (κ3) is 4.59. The Bertz CT molecular complexity index is 597. The van der Waals surface area contributed by atoms with E-state index >= 15 is 0 Å². The van der Waals surface area contributed by atoms with Gasteiger partial charge in [-0.2, -0.15) is 0 Å². The minimum atomic E-state index is -0.540. The molecule has 0 aromatic carbocycles. The Hall–Kier alpha value is -1.83. The number of aromatic nitrogens is 2. The van der Waals surface area contributed by atoms with Crippen LogP contribution in [-0.2, 0) is 9.53 Å². The van der Waals surface area contributed by atoms with E-state index in [0.717, 1.165) is 25.8 Å². The van der Waals surface area contributed by atoms with Gasteiger partial charge in [-0.25, -0.2) is 14.8 Å². The van der Waals surface area contributed by atoms with Crippen LogP contribution in [0.2, 0.25) is 0 Å². The highest BCUT2D eigenvalue weighted by Gasteiger charge is 2.25. The monoisotopic (exact) mass is 352 g/mol. The van der Waals surface area contributed by atoms with Crippen molar-refractivity contribution in [2.24, 2.45) is 0 Å². The van der Waals surface area contributed by atoms with Gasteiger partial charge in [0.2, 0.25) is 5.91 Å². The molecule has 1 aromatic rings. The molecule has 8 heteroatoms. The quantitative estimate of drug-likeness (QED) is 0.475. The van der Waals surface area contributed by atoms with Gasteiger partial charge in [0.15, 0.2) is 5.16 Å². The van der Waals surface area contributed by atoms with Gasteiger partial charge in [0, 0.05) is 18.8 Å². The fourth-order valence-corrected chi connectivity index (χ4v) is 3.48. The van der Waals surface area contributed by atoms with Gasteiger partial charge in [-0.3, -0.25) is 4.79 Å². The van der Waals surface area contributed by atoms with Crippen molar-refractivity contribution in [2.45, 2.75) is 50.7 Å². The number of nitrogen functional groups attached to an aromatic ring is 1. The van der Waals surface area contributed by atoms with Crippen LogP contribution >= 0.6 is 11.8 Å². The van der Waals surface area contributed by atoms with Crippen LogP contribution < -0.4 is 5.73 Å². The average molecular weight is 352 g/mol. The molecule has 0 unspecified atom stereocenters. The summed E-state index contributed by atoms with van der Waals surface area (Å²) in [5.41, 5.74) is 5.93. The van der Waals surface area contributed by atoms with Gasteiger partial charge in [-0.1, -0.05) is 18.7 Å². The van der Waals surface area contributed by atoms with Gasteiger partial charge < -0.3 is 15.4 Å². The number of ether oxygens (including phenoxy) is 1. The van der Waals surface area contributed by atoms with Gasteiger partial charge in [0.05, 0.1) is 12.4 Å². The van der Waals surface area contributed by atoms with Crippen molar-refractivity contribution in [3.63, 3.8) is 0 Å². The highest BCUT2D eigenvalue weighted by Crippen LogP contribution is 2.22. The van der Waals surface area contributed by atoms with Crippen molar-refractivity contribution in [3.8, 4) is 0 Å². The van der Waals surface area contributed by atoms with Gasteiger partial charge in [0.1, 0.15) is 11.4 Å². The van der Waals surface area contributed by atoms with Crippen molar-refractivity contribution in [1.29, 1.82) is 0 Å². The number of thioether (sulfide) groups is 1. The van der Waals surface area contributed by atoms with Crippen molar-refractivity contribution in [2.75, 3.05) is 24.6 Å². The SMILES string of the molecule is CCOC(=O)c1cnc(SCC(=O)N2CCCC[C@H]2CC)nc1N. The molecule has 2 heterocycles. The molecule has 0 bridgehead atoms. The van der Waals surface area contributed by atoms with Crippen LogP contribution in [0.3, 0.4) is 0 Å². The minimum absolute atomic E-state index is 0.0720. The number of likely N-dealkylation sites (tertiary alicyclic amines) is 1. The molecule has 2 N–H and O–H groups in total. The second-order valence-electron chi connectivity index (χ2n) is 5.61. The van der Waals surface area contributed by atoms with E-state index in [-0.39, 0.29) is 29.6 Å². The van der Waals surface area contributed by atoms with Crippen molar-refractivity contribution < 1.29 is 14.3 Å². The van der Waals surface area contributed by atoms with Crippen LogP contribution in [0.25, 0.3) is 0 Å². The number of anilines is 1. The van der Waals surface area contributed by atoms with E-state index in [2.05, 4.69) is 16.9 Å². The Morgan fingerprint density at radius 1 is 1.42 bits per heavy atom. The van der Waals surface area contributed by atoms with Gasteiger partial charge in [0.25, 0.3) is 0 Å². The zero-order valence-corrected chi connectivity index (χ0v) is 15.0. The Morgan fingerprint density at radius 2 is 2.21 bits per heavy atom. The number of esters is 1. The summed E-state index contributed by atoms with van der Waals surface area (Å²) in [6.07, 6.45) is 5.65. The third-order valence-electron chi connectivity index (χ3n) is 4.03. The first-order valence-corrected chi connectivity index (χ1v) is 9.27. The molecular formula is C16H24N4O3S. The molecule has 1 aliphatic heterocycles. The third-order valence-corrected chi connectivity index (χ3v) is 4.88. The van der Waals surface area contributed by atoms with E-state index < -0.39 is 5.97 Å². The molecular weight excluding hydrogens is 328 g/mol. The number of hydrogen-bond acceptors (Lipinski definition) is 7. The number of carbonyl (C=O) groups excluding carboxylic acids is 2. The fourth-order valence-electron chi connectivity index (χ4n) is 2.78. The van der Waals surface area contributed by atoms with Crippen LogP contribution in [-0.4, -0.2) is 51.7 Å². The molecule has 2 rings (SSSR count). The second kappa shape index (κ2) is 8.86. The highest BCUT2D eigenvalue weighted by atomic mass is 32.2. The summed E-state index contributed by atoms with van der Waals surface area (Å²) >= 11 is 1.24. The summed E-state index contributed by atoms with van der Waals surface area (Å²) in [6, 6.07) is 0.337. The minimum Gasteiger partial charge on any atom is -0.462 e. The maximum absolute atomic E-state index is 12.4. The van der Waals surface area contributed by atoms with Crippen molar-refractivity contribution in [3.05, 3.63) is 11.8 Å². The summed E-state index contributed by atoms with van der Waals surface area (Å²) in [5, 5.41) is 0.388.